The third-order valence-corrected chi connectivity index (χ3v) is 4.59. The second-order valence-corrected chi connectivity index (χ2v) is 6.07. The van der Waals surface area contributed by atoms with Crippen LogP contribution in [0.3, 0.4) is 0 Å². The number of carbonyl (C=O) groups excluding carboxylic acids is 1. The lowest BCUT2D eigenvalue weighted by molar-refractivity contribution is -0.139. The standard InChI is InChI=1S/C15H23NO3S/c1-3-15(4-2,11-14(18)19)16-13(17)9-5-7-12-8-6-10-20-12/h6,8,10H,3-5,7,9,11H2,1-2H3,(H,16,17)(H,18,19). The smallest absolute Gasteiger partial charge is 0.305 e. The Labute approximate surface area is 124 Å². The molecule has 0 radical (unpaired) electrons. The molecule has 0 spiro atoms. The van der Waals surface area contributed by atoms with E-state index in [1.807, 2.05) is 25.3 Å². The van der Waals surface area contributed by atoms with Crippen LogP contribution in [0.1, 0.15) is 50.8 Å². The maximum atomic E-state index is 12.0. The molecule has 0 atom stereocenters. The van der Waals surface area contributed by atoms with Gasteiger partial charge in [0, 0.05) is 16.8 Å². The second-order valence-electron chi connectivity index (χ2n) is 5.04. The average Bonchev–Trinajstić information content (AvgIpc) is 2.90. The lowest BCUT2D eigenvalue weighted by Crippen LogP contribution is -2.49. The Kier molecular flexibility index (Phi) is 6.71. The fraction of sp³-hybridized carbons (Fsp3) is 0.600. The summed E-state index contributed by atoms with van der Waals surface area (Å²) in [6.07, 6.45) is 3.38. The summed E-state index contributed by atoms with van der Waals surface area (Å²) in [6, 6.07) is 4.07. The van der Waals surface area contributed by atoms with Gasteiger partial charge in [0.2, 0.25) is 5.91 Å². The first kappa shape index (κ1) is 16.7. The second kappa shape index (κ2) is 8.04. The van der Waals surface area contributed by atoms with Crippen LogP contribution in [0.4, 0.5) is 0 Å². The van der Waals surface area contributed by atoms with Crippen molar-refractivity contribution in [1.29, 1.82) is 0 Å². The number of carboxylic acids is 1. The predicted octanol–water partition coefficient (Wildman–Crippen LogP) is 3.22. The lowest BCUT2D eigenvalue weighted by Gasteiger charge is -2.31. The number of carbonyl (C=O) groups is 2. The van der Waals surface area contributed by atoms with E-state index >= 15 is 0 Å². The zero-order valence-electron chi connectivity index (χ0n) is 12.1. The summed E-state index contributed by atoms with van der Waals surface area (Å²) in [6.45, 7) is 3.83. The van der Waals surface area contributed by atoms with E-state index in [9.17, 15) is 9.59 Å². The summed E-state index contributed by atoms with van der Waals surface area (Å²) in [4.78, 5) is 24.2. The Morgan fingerprint density at radius 3 is 2.55 bits per heavy atom. The molecule has 0 aliphatic rings. The third kappa shape index (κ3) is 5.33. The maximum absolute atomic E-state index is 12.0. The summed E-state index contributed by atoms with van der Waals surface area (Å²) in [5.74, 6) is -0.918. The molecule has 0 saturated heterocycles. The summed E-state index contributed by atoms with van der Waals surface area (Å²) in [7, 11) is 0. The molecule has 1 amide bonds. The highest BCUT2D eigenvalue weighted by Gasteiger charge is 2.30. The summed E-state index contributed by atoms with van der Waals surface area (Å²) >= 11 is 1.70. The zero-order valence-corrected chi connectivity index (χ0v) is 13.0. The van der Waals surface area contributed by atoms with Crippen LogP contribution in [0.2, 0.25) is 0 Å². The number of aliphatic carboxylic acids is 1. The topological polar surface area (TPSA) is 66.4 Å². The highest BCUT2D eigenvalue weighted by Crippen LogP contribution is 2.20. The SMILES string of the molecule is CCC(CC)(CC(=O)O)NC(=O)CCCc1cccs1. The maximum Gasteiger partial charge on any atom is 0.305 e. The highest BCUT2D eigenvalue weighted by atomic mass is 32.1. The predicted molar refractivity (Wildman–Crippen MR) is 81.0 cm³/mol. The first-order chi connectivity index (χ1) is 9.51. The van der Waals surface area contributed by atoms with Crippen molar-refractivity contribution in [1.82, 2.24) is 5.32 Å². The van der Waals surface area contributed by atoms with Gasteiger partial charge in [0.25, 0.3) is 0 Å². The van der Waals surface area contributed by atoms with Crippen molar-refractivity contribution in [3.63, 3.8) is 0 Å². The van der Waals surface area contributed by atoms with Crippen LogP contribution in [-0.4, -0.2) is 22.5 Å². The lowest BCUT2D eigenvalue weighted by atomic mass is 9.88. The fourth-order valence-electron chi connectivity index (χ4n) is 2.25. The van der Waals surface area contributed by atoms with E-state index in [1.165, 1.54) is 4.88 Å². The molecule has 0 aromatic carbocycles. The van der Waals surface area contributed by atoms with Gasteiger partial charge < -0.3 is 10.4 Å². The summed E-state index contributed by atoms with van der Waals surface area (Å²) in [5.41, 5.74) is -0.605. The van der Waals surface area contributed by atoms with Crippen LogP contribution in [0.25, 0.3) is 0 Å². The molecule has 1 rings (SSSR count). The van der Waals surface area contributed by atoms with Gasteiger partial charge in [-0.25, -0.2) is 0 Å². The van der Waals surface area contributed by atoms with Crippen molar-refractivity contribution in [2.45, 2.75) is 57.9 Å². The van der Waals surface area contributed by atoms with Crippen LogP contribution in [0.15, 0.2) is 17.5 Å². The Bertz CT molecular complexity index is 424. The van der Waals surface area contributed by atoms with E-state index in [0.29, 0.717) is 19.3 Å². The normalized spacial score (nSPS) is 11.3. The summed E-state index contributed by atoms with van der Waals surface area (Å²) < 4.78 is 0. The number of nitrogens with one attached hydrogen (secondary N) is 1. The monoisotopic (exact) mass is 297 g/mol. The number of amides is 1. The number of rotatable bonds is 9. The first-order valence-electron chi connectivity index (χ1n) is 7.06. The van der Waals surface area contributed by atoms with Gasteiger partial charge in [0.15, 0.2) is 0 Å². The van der Waals surface area contributed by atoms with E-state index in [0.717, 1.165) is 12.8 Å². The molecular formula is C15H23NO3S. The van der Waals surface area contributed by atoms with Gasteiger partial charge in [0.05, 0.1) is 6.42 Å². The molecule has 0 unspecified atom stereocenters. The Morgan fingerprint density at radius 1 is 1.35 bits per heavy atom. The van der Waals surface area contributed by atoms with E-state index in [2.05, 4.69) is 11.4 Å². The largest absolute Gasteiger partial charge is 0.481 e. The van der Waals surface area contributed by atoms with Crippen LogP contribution >= 0.6 is 11.3 Å². The number of hydrogen-bond acceptors (Lipinski definition) is 3. The zero-order chi connectivity index (χ0) is 15.0. The molecule has 0 aliphatic heterocycles. The quantitative estimate of drug-likeness (QED) is 0.735. The van der Waals surface area contributed by atoms with E-state index in [-0.39, 0.29) is 12.3 Å². The molecule has 0 bridgehead atoms. The molecule has 5 heteroatoms. The van der Waals surface area contributed by atoms with Crippen molar-refractivity contribution >= 4 is 23.2 Å². The molecule has 0 fully saturated rings. The molecule has 0 saturated carbocycles. The molecule has 112 valence electrons. The molecular weight excluding hydrogens is 274 g/mol. The van der Waals surface area contributed by atoms with Crippen molar-refractivity contribution < 1.29 is 14.7 Å². The number of carboxylic acid groups (broad SMARTS) is 1. The Morgan fingerprint density at radius 2 is 2.05 bits per heavy atom. The fourth-order valence-corrected chi connectivity index (χ4v) is 3.00. The minimum atomic E-state index is -0.868. The molecule has 2 N–H and O–H groups in total. The van der Waals surface area contributed by atoms with Gasteiger partial charge >= 0.3 is 5.97 Å². The molecule has 0 aliphatic carbocycles. The van der Waals surface area contributed by atoms with Crippen LogP contribution < -0.4 is 5.32 Å². The van der Waals surface area contributed by atoms with Crippen LogP contribution in [0.5, 0.6) is 0 Å². The first-order valence-corrected chi connectivity index (χ1v) is 7.94. The molecule has 1 aromatic rings. The molecule has 20 heavy (non-hydrogen) atoms. The van der Waals surface area contributed by atoms with Gasteiger partial charge in [0.1, 0.15) is 0 Å². The van der Waals surface area contributed by atoms with Gasteiger partial charge in [-0.3, -0.25) is 9.59 Å². The minimum Gasteiger partial charge on any atom is -0.481 e. The number of hydrogen-bond donors (Lipinski definition) is 2. The Balaban J connectivity index is 2.43. The Hall–Kier alpha value is -1.36. The van der Waals surface area contributed by atoms with Crippen molar-refractivity contribution in [2.75, 3.05) is 0 Å². The van der Waals surface area contributed by atoms with Gasteiger partial charge in [-0.2, -0.15) is 0 Å². The average molecular weight is 297 g/mol. The number of thiophene rings is 1. The number of aryl methyl sites for hydroxylation is 1. The molecule has 1 aromatic heterocycles. The van der Waals surface area contributed by atoms with Crippen molar-refractivity contribution in [2.24, 2.45) is 0 Å². The molecule has 1 heterocycles. The minimum absolute atomic E-state index is 0.0172. The summed E-state index contributed by atoms with van der Waals surface area (Å²) in [5, 5.41) is 13.9. The highest BCUT2D eigenvalue weighted by molar-refractivity contribution is 7.09. The van der Waals surface area contributed by atoms with E-state index in [1.54, 1.807) is 11.3 Å². The van der Waals surface area contributed by atoms with E-state index in [4.69, 9.17) is 5.11 Å². The van der Waals surface area contributed by atoms with Gasteiger partial charge in [-0.05, 0) is 37.1 Å². The van der Waals surface area contributed by atoms with Crippen LogP contribution in [0, 0.1) is 0 Å². The molecule has 4 nitrogen and oxygen atoms in total. The van der Waals surface area contributed by atoms with E-state index < -0.39 is 11.5 Å². The van der Waals surface area contributed by atoms with Crippen LogP contribution in [-0.2, 0) is 16.0 Å². The van der Waals surface area contributed by atoms with Crippen molar-refractivity contribution in [3.05, 3.63) is 22.4 Å². The van der Waals surface area contributed by atoms with Gasteiger partial charge in [-0.15, -0.1) is 11.3 Å². The third-order valence-electron chi connectivity index (χ3n) is 3.65. The van der Waals surface area contributed by atoms with Crippen molar-refractivity contribution in [3.8, 4) is 0 Å². The van der Waals surface area contributed by atoms with Gasteiger partial charge in [-0.1, -0.05) is 19.9 Å².